The Labute approximate surface area is 123 Å². The summed E-state index contributed by atoms with van der Waals surface area (Å²) in [5, 5.41) is 8.89. The molecule has 3 nitrogen and oxygen atoms in total. The van der Waals surface area contributed by atoms with E-state index in [9.17, 15) is 26.3 Å². The molecule has 0 unspecified atom stereocenters. The molecular formula is C11H6BrF6NO2. The maximum Gasteiger partial charge on any atom is 0.422 e. The van der Waals surface area contributed by atoms with Crippen LogP contribution in [0.1, 0.15) is 5.56 Å². The molecule has 0 aliphatic carbocycles. The highest BCUT2D eigenvalue weighted by Crippen LogP contribution is 2.36. The molecule has 0 saturated heterocycles. The van der Waals surface area contributed by atoms with Gasteiger partial charge in [-0.2, -0.15) is 31.6 Å². The third kappa shape index (κ3) is 5.71. The van der Waals surface area contributed by atoms with Gasteiger partial charge in [0.25, 0.3) is 0 Å². The summed E-state index contributed by atoms with van der Waals surface area (Å²) in [5.41, 5.74) is -0.558. The van der Waals surface area contributed by atoms with E-state index in [1.807, 2.05) is 0 Å². The number of rotatable bonds is 4. The molecule has 1 aromatic carbocycles. The highest BCUT2D eigenvalue weighted by Gasteiger charge is 2.31. The van der Waals surface area contributed by atoms with E-state index in [1.165, 1.54) is 6.07 Å². The molecule has 116 valence electrons. The number of hydrogen-bond acceptors (Lipinski definition) is 3. The Morgan fingerprint density at radius 2 is 1.52 bits per heavy atom. The van der Waals surface area contributed by atoms with Crippen LogP contribution in [0, 0.1) is 11.3 Å². The molecule has 0 heterocycles. The fraction of sp³-hybridized carbons (Fsp3) is 0.364. The Morgan fingerprint density at radius 1 is 1.00 bits per heavy atom. The second kappa shape index (κ2) is 6.43. The lowest BCUT2D eigenvalue weighted by Crippen LogP contribution is -2.21. The summed E-state index contributed by atoms with van der Waals surface area (Å²) in [6, 6.07) is 3.61. The minimum Gasteiger partial charge on any atom is -0.483 e. The third-order valence-corrected chi connectivity index (χ3v) is 2.58. The third-order valence-electron chi connectivity index (χ3n) is 1.95. The van der Waals surface area contributed by atoms with Gasteiger partial charge in [-0.1, -0.05) is 0 Å². The zero-order valence-corrected chi connectivity index (χ0v) is 11.6. The Kier molecular flexibility index (Phi) is 5.33. The number of ether oxygens (including phenoxy) is 2. The Balaban J connectivity index is 3.05. The molecule has 0 aliphatic heterocycles. The first kappa shape index (κ1) is 17.4. The van der Waals surface area contributed by atoms with Crippen LogP contribution in [0.3, 0.4) is 0 Å². The number of halogens is 7. The van der Waals surface area contributed by atoms with Crippen molar-refractivity contribution in [2.45, 2.75) is 12.4 Å². The SMILES string of the molecule is N#Cc1c(OCC(F)(F)F)ccc(Br)c1OCC(F)(F)F. The van der Waals surface area contributed by atoms with E-state index in [1.54, 1.807) is 0 Å². The first-order chi connectivity index (χ1) is 9.53. The molecule has 0 radical (unpaired) electrons. The average Bonchev–Trinajstić information content (AvgIpc) is 2.33. The Bertz CT molecular complexity index is 549. The molecule has 1 aromatic rings. The van der Waals surface area contributed by atoms with E-state index >= 15 is 0 Å². The number of nitriles is 1. The van der Waals surface area contributed by atoms with Crippen molar-refractivity contribution in [3.63, 3.8) is 0 Å². The molecule has 0 saturated carbocycles. The summed E-state index contributed by atoms with van der Waals surface area (Å²) in [7, 11) is 0. The van der Waals surface area contributed by atoms with Crippen LogP contribution in [0.4, 0.5) is 26.3 Å². The Hall–Kier alpha value is -1.63. The smallest absolute Gasteiger partial charge is 0.422 e. The molecule has 0 N–H and O–H groups in total. The van der Waals surface area contributed by atoms with Crippen LogP contribution < -0.4 is 9.47 Å². The van der Waals surface area contributed by atoms with Crippen LogP contribution in [0.5, 0.6) is 11.5 Å². The van der Waals surface area contributed by atoms with Gasteiger partial charge in [-0.25, -0.2) is 0 Å². The zero-order chi connectivity index (χ0) is 16.3. The summed E-state index contributed by atoms with van der Waals surface area (Å²) < 4.78 is 81.3. The molecule has 0 atom stereocenters. The molecule has 1 rings (SSSR count). The lowest BCUT2D eigenvalue weighted by Gasteiger charge is -2.15. The van der Waals surface area contributed by atoms with E-state index in [0.717, 1.165) is 12.1 Å². The fourth-order valence-electron chi connectivity index (χ4n) is 1.22. The largest absolute Gasteiger partial charge is 0.483 e. The molecular weight excluding hydrogens is 372 g/mol. The van der Waals surface area contributed by atoms with Crippen LogP contribution in [0.15, 0.2) is 16.6 Å². The first-order valence-electron chi connectivity index (χ1n) is 5.15. The van der Waals surface area contributed by atoms with E-state index in [2.05, 4.69) is 25.4 Å². The number of benzene rings is 1. The minimum atomic E-state index is -4.66. The summed E-state index contributed by atoms with van der Waals surface area (Å²) in [5.74, 6) is -1.05. The van der Waals surface area contributed by atoms with Crippen LogP contribution in [0.25, 0.3) is 0 Å². The van der Waals surface area contributed by atoms with E-state index in [0.29, 0.717) is 0 Å². The second-order valence-corrected chi connectivity index (χ2v) is 4.52. The number of nitrogens with zero attached hydrogens (tertiary/aromatic N) is 1. The molecule has 10 heteroatoms. The van der Waals surface area contributed by atoms with Gasteiger partial charge in [0, 0.05) is 0 Å². The van der Waals surface area contributed by atoms with Crippen LogP contribution in [-0.4, -0.2) is 25.6 Å². The molecule has 0 aliphatic rings. The first-order valence-corrected chi connectivity index (χ1v) is 5.94. The van der Waals surface area contributed by atoms with Crippen molar-refractivity contribution in [2.75, 3.05) is 13.2 Å². The maximum absolute atomic E-state index is 12.1. The molecule has 0 bridgehead atoms. The van der Waals surface area contributed by atoms with Gasteiger partial charge in [0.2, 0.25) is 0 Å². The standard InChI is InChI=1S/C11H6BrF6NO2/c12-7-1-2-8(20-4-10(13,14)15)6(3-19)9(7)21-5-11(16,17)18/h1-2H,4-5H2. The van der Waals surface area contributed by atoms with Crippen molar-refractivity contribution in [1.82, 2.24) is 0 Å². The summed E-state index contributed by atoms with van der Waals surface area (Å²) >= 11 is 2.86. The molecule has 0 amide bonds. The van der Waals surface area contributed by atoms with Crippen molar-refractivity contribution in [3.05, 3.63) is 22.2 Å². The number of hydrogen-bond donors (Lipinski definition) is 0. The molecule has 0 aromatic heterocycles. The monoisotopic (exact) mass is 377 g/mol. The quantitative estimate of drug-likeness (QED) is 0.738. The topological polar surface area (TPSA) is 42.2 Å². The highest BCUT2D eigenvalue weighted by atomic mass is 79.9. The van der Waals surface area contributed by atoms with E-state index in [4.69, 9.17) is 5.26 Å². The highest BCUT2D eigenvalue weighted by molar-refractivity contribution is 9.10. The number of alkyl halides is 6. The van der Waals surface area contributed by atoms with Crippen molar-refractivity contribution in [3.8, 4) is 17.6 Å². The summed E-state index contributed by atoms with van der Waals surface area (Å²) in [6.45, 7) is -3.37. The van der Waals surface area contributed by atoms with Gasteiger partial charge in [0.1, 0.15) is 17.4 Å². The van der Waals surface area contributed by atoms with E-state index < -0.39 is 42.6 Å². The predicted octanol–water partition coefficient (Wildman–Crippen LogP) is 4.20. The zero-order valence-electron chi connectivity index (χ0n) is 9.98. The van der Waals surface area contributed by atoms with Crippen LogP contribution in [0.2, 0.25) is 0 Å². The molecule has 0 spiro atoms. The predicted molar refractivity (Wildman–Crippen MR) is 62.0 cm³/mol. The van der Waals surface area contributed by atoms with Crippen molar-refractivity contribution >= 4 is 15.9 Å². The maximum atomic E-state index is 12.1. The average molecular weight is 378 g/mol. The van der Waals surface area contributed by atoms with Gasteiger partial charge >= 0.3 is 12.4 Å². The summed E-state index contributed by atoms with van der Waals surface area (Å²) in [4.78, 5) is 0. The summed E-state index contributed by atoms with van der Waals surface area (Å²) in [6.07, 6.45) is -9.30. The van der Waals surface area contributed by atoms with Crippen molar-refractivity contribution < 1.29 is 35.8 Å². The fourth-order valence-corrected chi connectivity index (χ4v) is 1.66. The van der Waals surface area contributed by atoms with Crippen molar-refractivity contribution in [1.29, 1.82) is 5.26 Å². The van der Waals surface area contributed by atoms with Gasteiger partial charge in [-0.15, -0.1) is 0 Å². The van der Waals surface area contributed by atoms with Crippen molar-refractivity contribution in [2.24, 2.45) is 0 Å². The lowest BCUT2D eigenvalue weighted by molar-refractivity contribution is -0.154. The van der Waals surface area contributed by atoms with Gasteiger partial charge in [0.15, 0.2) is 19.0 Å². The van der Waals surface area contributed by atoms with Crippen LogP contribution in [-0.2, 0) is 0 Å². The molecule has 0 fully saturated rings. The van der Waals surface area contributed by atoms with Gasteiger partial charge in [-0.3, -0.25) is 0 Å². The molecule has 21 heavy (non-hydrogen) atoms. The van der Waals surface area contributed by atoms with Gasteiger partial charge < -0.3 is 9.47 Å². The Morgan fingerprint density at radius 3 is 2.00 bits per heavy atom. The minimum absolute atomic E-state index is 0.0114. The second-order valence-electron chi connectivity index (χ2n) is 3.67. The lowest BCUT2D eigenvalue weighted by atomic mass is 10.2. The van der Waals surface area contributed by atoms with Gasteiger partial charge in [-0.05, 0) is 28.1 Å². The van der Waals surface area contributed by atoms with E-state index in [-0.39, 0.29) is 4.47 Å². The van der Waals surface area contributed by atoms with Crippen LogP contribution >= 0.6 is 15.9 Å². The van der Waals surface area contributed by atoms with Gasteiger partial charge in [0.05, 0.1) is 4.47 Å². The normalized spacial score (nSPS) is 11.9.